The van der Waals surface area contributed by atoms with E-state index < -0.39 is 0 Å². The smallest absolute Gasteiger partial charge is 0.305 e. The lowest BCUT2D eigenvalue weighted by atomic mass is 10.1. The Bertz CT molecular complexity index is 209. The summed E-state index contributed by atoms with van der Waals surface area (Å²) in [6.45, 7) is 2.26. The molecule has 0 rings (SSSR count). The predicted octanol–water partition coefficient (Wildman–Crippen LogP) is 5.03. The average molecular weight is 254 g/mol. The van der Waals surface area contributed by atoms with Crippen LogP contribution in [0.1, 0.15) is 77.6 Å². The van der Waals surface area contributed by atoms with Crippen LogP contribution in [0, 0.1) is 0 Å². The largest absolute Gasteiger partial charge is 0.469 e. The van der Waals surface area contributed by atoms with Gasteiger partial charge in [0, 0.05) is 6.42 Å². The molecular weight excluding hydrogens is 224 g/mol. The molecule has 18 heavy (non-hydrogen) atoms. The van der Waals surface area contributed by atoms with Gasteiger partial charge in [-0.15, -0.1) is 0 Å². The SMILES string of the molecule is CCCCCCCCCCC=CCCC(=O)OC. The Balaban J connectivity index is 3.10. The van der Waals surface area contributed by atoms with Crippen molar-refractivity contribution in [2.45, 2.75) is 77.6 Å². The van der Waals surface area contributed by atoms with Crippen LogP contribution in [-0.4, -0.2) is 13.1 Å². The van der Waals surface area contributed by atoms with Gasteiger partial charge in [0.2, 0.25) is 0 Å². The molecule has 2 heteroatoms. The average Bonchev–Trinajstić information content (AvgIpc) is 2.39. The van der Waals surface area contributed by atoms with Crippen LogP contribution in [0.15, 0.2) is 12.2 Å². The van der Waals surface area contributed by atoms with Gasteiger partial charge in [-0.3, -0.25) is 4.79 Å². The van der Waals surface area contributed by atoms with Gasteiger partial charge in [0.25, 0.3) is 0 Å². The summed E-state index contributed by atoms with van der Waals surface area (Å²) >= 11 is 0. The van der Waals surface area contributed by atoms with E-state index in [-0.39, 0.29) is 5.97 Å². The van der Waals surface area contributed by atoms with E-state index in [1.165, 1.54) is 58.5 Å². The first-order valence-corrected chi connectivity index (χ1v) is 7.53. The van der Waals surface area contributed by atoms with Crippen molar-refractivity contribution in [2.75, 3.05) is 7.11 Å². The van der Waals surface area contributed by atoms with Crippen LogP contribution in [0.3, 0.4) is 0 Å². The van der Waals surface area contributed by atoms with Gasteiger partial charge in [0.15, 0.2) is 0 Å². The normalized spacial score (nSPS) is 11.0. The third kappa shape index (κ3) is 13.3. The first-order valence-electron chi connectivity index (χ1n) is 7.53. The van der Waals surface area contributed by atoms with E-state index in [9.17, 15) is 4.79 Å². The maximum atomic E-state index is 10.8. The Morgan fingerprint density at radius 3 is 2.06 bits per heavy atom. The Hall–Kier alpha value is -0.790. The van der Waals surface area contributed by atoms with E-state index in [0.29, 0.717) is 6.42 Å². The third-order valence-electron chi connectivity index (χ3n) is 3.13. The molecule has 0 N–H and O–H groups in total. The van der Waals surface area contributed by atoms with Crippen LogP contribution < -0.4 is 0 Å². The van der Waals surface area contributed by atoms with Crippen LogP contribution in [0.4, 0.5) is 0 Å². The van der Waals surface area contributed by atoms with Crippen molar-refractivity contribution in [1.29, 1.82) is 0 Å². The van der Waals surface area contributed by atoms with E-state index in [1.807, 2.05) is 0 Å². The number of carbonyl (C=O) groups is 1. The van der Waals surface area contributed by atoms with Crippen molar-refractivity contribution >= 4 is 5.97 Å². The number of carbonyl (C=O) groups excluding carboxylic acids is 1. The molecule has 0 saturated heterocycles. The van der Waals surface area contributed by atoms with Crippen molar-refractivity contribution in [3.8, 4) is 0 Å². The van der Waals surface area contributed by atoms with Crippen molar-refractivity contribution < 1.29 is 9.53 Å². The molecule has 0 saturated carbocycles. The number of rotatable bonds is 12. The molecule has 0 atom stereocenters. The Labute approximate surface area is 113 Å². The van der Waals surface area contributed by atoms with E-state index >= 15 is 0 Å². The van der Waals surface area contributed by atoms with E-state index in [1.54, 1.807) is 0 Å². The summed E-state index contributed by atoms with van der Waals surface area (Å²) in [4.78, 5) is 10.8. The first kappa shape index (κ1) is 17.2. The summed E-state index contributed by atoms with van der Waals surface area (Å²) in [5.74, 6) is -0.119. The van der Waals surface area contributed by atoms with E-state index in [4.69, 9.17) is 0 Å². The zero-order valence-electron chi connectivity index (χ0n) is 12.2. The second kappa shape index (κ2) is 14.3. The number of allylic oxidation sites excluding steroid dienone is 2. The topological polar surface area (TPSA) is 26.3 Å². The van der Waals surface area contributed by atoms with Gasteiger partial charge < -0.3 is 4.74 Å². The zero-order valence-corrected chi connectivity index (χ0v) is 12.2. The van der Waals surface area contributed by atoms with Gasteiger partial charge in [-0.05, 0) is 19.3 Å². The molecule has 0 aromatic heterocycles. The van der Waals surface area contributed by atoms with Crippen LogP contribution in [0.2, 0.25) is 0 Å². The monoisotopic (exact) mass is 254 g/mol. The number of hydrogen-bond donors (Lipinski definition) is 0. The van der Waals surface area contributed by atoms with Crippen molar-refractivity contribution in [2.24, 2.45) is 0 Å². The second-order valence-electron chi connectivity index (χ2n) is 4.85. The summed E-state index contributed by atoms with van der Waals surface area (Å²) in [5.41, 5.74) is 0. The highest BCUT2D eigenvalue weighted by Gasteiger charge is 1.95. The fourth-order valence-electron chi connectivity index (χ4n) is 1.94. The van der Waals surface area contributed by atoms with Gasteiger partial charge in [0.05, 0.1) is 7.11 Å². The summed E-state index contributed by atoms with van der Waals surface area (Å²) in [6, 6.07) is 0. The van der Waals surface area contributed by atoms with E-state index in [0.717, 1.165) is 12.8 Å². The van der Waals surface area contributed by atoms with Gasteiger partial charge in [0.1, 0.15) is 0 Å². The highest BCUT2D eigenvalue weighted by molar-refractivity contribution is 5.69. The van der Waals surface area contributed by atoms with Crippen LogP contribution >= 0.6 is 0 Å². The lowest BCUT2D eigenvalue weighted by Gasteiger charge is -1.99. The number of esters is 1. The molecule has 0 bridgehead atoms. The number of hydrogen-bond acceptors (Lipinski definition) is 2. The van der Waals surface area contributed by atoms with E-state index in [2.05, 4.69) is 23.8 Å². The minimum atomic E-state index is -0.119. The minimum absolute atomic E-state index is 0.119. The molecule has 0 fully saturated rings. The second-order valence-corrected chi connectivity index (χ2v) is 4.85. The summed E-state index contributed by atoms with van der Waals surface area (Å²) in [7, 11) is 1.44. The lowest BCUT2D eigenvalue weighted by Crippen LogP contribution is -1.97. The third-order valence-corrected chi connectivity index (χ3v) is 3.13. The van der Waals surface area contributed by atoms with Crippen LogP contribution in [0.5, 0.6) is 0 Å². The van der Waals surface area contributed by atoms with Gasteiger partial charge in [-0.1, -0.05) is 64.0 Å². The summed E-state index contributed by atoms with van der Waals surface area (Å²) in [5, 5.41) is 0. The minimum Gasteiger partial charge on any atom is -0.469 e. The van der Waals surface area contributed by atoms with Gasteiger partial charge in [-0.2, -0.15) is 0 Å². The molecule has 0 aliphatic carbocycles. The highest BCUT2D eigenvalue weighted by Crippen LogP contribution is 2.09. The van der Waals surface area contributed by atoms with Gasteiger partial charge in [-0.25, -0.2) is 0 Å². The molecule has 0 aromatic carbocycles. The molecule has 0 aliphatic heterocycles. The van der Waals surface area contributed by atoms with Crippen LogP contribution in [0.25, 0.3) is 0 Å². The van der Waals surface area contributed by atoms with Crippen molar-refractivity contribution in [1.82, 2.24) is 0 Å². The maximum absolute atomic E-state index is 10.8. The lowest BCUT2D eigenvalue weighted by molar-refractivity contribution is -0.140. The molecule has 0 radical (unpaired) electrons. The fraction of sp³-hybridized carbons (Fsp3) is 0.812. The molecule has 0 aliphatic rings. The number of ether oxygens (including phenoxy) is 1. The van der Waals surface area contributed by atoms with Crippen LogP contribution in [-0.2, 0) is 9.53 Å². The zero-order chi connectivity index (χ0) is 13.5. The maximum Gasteiger partial charge on any atom is 0.305 e. The van der Waals surface area contributed by atoms with Crippen molar-refractivity contribution in [3.63, 3.8) is 0 Å². The molecule has 0 amide bonds. The Morgan fingerprint density at radius 1 is 0.889 bits per heavy atom. The fourth-order valence-corrected chi connectivity index (χ4v) is 1.94. The van der Waals surface area contributed by atoms with Crippen molar-refractivity contribution in [3.05, 3.63) is 12.2 Å². The molecule has 0 heterocycles. The Kier molecular flexibility index (Phi) is 13.6. The summed E-state index contributed by atoms with van der Waals surface area (Å²) < 4.78 is 4.58. The molecule has 2 nitrogen and oxygen atoms in total. The number of unbranched alkanes of at least 4 members (excludes halogenated alkanes) is 8. The predicted molar refractivity (Wildman–Crippen MR) is 77.6 cm³/mol. The van der Waals surface area contributed by atoms with Gasteiger partial charge >= 0.3 is 5.97 Å². The quantitative estimate of drug-likeness (QED) is 0.277. The Morgan fingerprint density at radius 2 is 1.44 bits per heavy atom. The molecular formula is C16H30O2. The first-order chi connectivity index (χ1) is 8.81. The number of methoxy groups -OCH3 is 1. The standard InChI is InChI=1S/C16H30O2/c1-3-4-5-6-7-8-9-10-11-12-13-14-15-16(17)18-2/h12-13H,3-11,14-15H2,1-2H3. The summed E-state index contributed by atoms with van der Waals surface area (Å²) in [6.07, 6.45) is 17.7. The molecule has 0 spiro atoms. The molecule has 0 aromatic rings. The molecule has 106 valence electrons. The highest BCUT2D eigenvalue weighted by atomic mass is 16.5. The molecule has 0 unspecified atom stereocenters.